The van der Waals surface area contributed by atoms with Gasteiger partial charge in [0.15, 0.2) is 11.5 Å². The topological polar surface area (TPSA) is 72.8 Å². The molecule has 2 aliphatic rings. The number of aliphatic hydroxyl groups is 1. The van der Waals surface area contributed by atoms with E-state index in [0.29, 0.717) is 12.1 Å². The highest BCUT2D eigenvalue weighted by atomic mass is 16.6. The molecule has 6 nitrogen and oxygen atoms in total. The lowest BCUT2D eigenvalue weighted by Crippen LogP contribution is -2.57. The molecule has 0 aliphatic carbocycles. The van der Waals surface area contributed by atoms with Crippen LogP contribution in [0.1, 0.15) is 24.4 Å². The average Bonchev–Trinajstić information content (AvgIpc) is 3.29. The monoisotopic (exact) mass is 344 g/mol. The largest absolute Gasteiger partial charge is 0.465 e. The molecule has 2 atom stereocenters. The van der Waals surface area contributed by atoms with Gasteiger partial charge in [0.1, 0.15) is 18.2 Å². The van der Waals surface area contributed by atoms with Crippen LogP contribution >= 0.6 is 0 Å². The lowest BCUT2D eigenvalue weighted by molar-refractivity contribution is -0.926. The maximum Gasteiger partial charge on any atom is 0.354 e. The summed E-state index contributed by atoms with van der Waals surface area (Å²) in [4.78, 5) is 12.9. The molecule has 132 valence electrons. The van der Waals surface area contributed by atoms with Gasteiger partial charge in [-0.3, -0.25) is 0 Å². The quantitative estimate of drug-likeness (QED) is 0.523. The zero-order chi connectivity index (χ0) is 17.7. The van der Waals surface area contributed by atoms with E-state index in [2.05, 4.69) is 26.2 Å². The van der Waals surface area contributed by atoms with Crippen LogP contribution in [0.3, 0.4) is 0 Å². The predicted octanol–water partition coefficient (Wildman–Crippen LogP) is 2.20. The van der Waals surface area contributed by atoms with E-state index in [1.54, 1.807) is 12.1 Å². The molecule has 1 N–H and O–H groups in total. The fourth-order valence-corrected chi connectivity index (χ4v) is 3.91. The first-order valence-electron chi connectivity index (χ1n) is 8.45. The lowest BCUT2D eigenvalue weighted by Gasteiger charge is -2.44. The summed E-state index contributed by atoms with van der Waals surface area (Å²) in [5.74, 6) is -0.602. The van der Waals surface area contributed by atoms with Gasteiger partial charge < -0.3 is 23.2 Å². The molecule has 1 fully saturated rings. The summed E-state index contributed by atoms with van der Waals surface area (Å²) in [6, 6.07) is 6.93. The van der Waals surface area contributed by atoms with Crippen LogP contribution < -0.4 is 0 Å². The number of hydrogen-bond acceptors (Lipinski definition) is 5. The number of rotatable bonds is 4. The highest BCUT2D eigenvalue weighted by molar-refractivity contribution is 5.83. The highest BCUT2D eigenvalue weighted by Crippen LogP contribution is 2.38. The molecule has 6 heteroatoms. The van der Waals surface area contributed by atoms with Gasteiger partial charge in [-0.1, -0.05) is 0 Å². The minimum absolute atomic E-state index is 0.0838. The van der Waals surface area contributed by atoms with E-state index in [9.17, 15) is 9.90 Å². The van der Waals surface area contributed by atoms with E-state index in [1.807, 2.05) is 0 Å². The van der Waals surface area contributed by atoms with Crippen LogP contribution in [0.4, 0.5) is 0 Å². The second-order valence-electron chi connectivity index (χ2n) is 7.31. The third-order valence-corrected chi connectivity index (χ3v) is 5.60. The van der Waals surface area contributed by atoms with Crippen LogP contribution in [0, 0.1) is 0 Å². The number of esters is 1. The Morgan fingerprint density at radius 2 is 1.64 bits per heavy atom. The number of nitrogens with zero attached hydrogens (tertiary/aromatic N) is 1. The van der Waals surface area contributed by atoms with E-state index in [4.69, 9.17) is 13.6 Å². The van der Waals surface area contributed by atoms with Crippen LogP contribution in [0.5, 0.6) is 0 Å². The van der Waals surface area contributed by atoms with Crippen LogP contribution in [-0.4, -0.2) is 47.8 Å². The van der Waals surface area contributed by atoms with Gasteiger partial charge in [-0.25, -0.2) is 4.79 Å². The van der Waals surface area contributed by atoms with E-state index < -0.39 is 11.6 Å². The van der Waals surface area contributed by atoms with Crippen LogP contribution in [-0.2, 0) is 15.1 Å². The van der Waals surface area contributed by atoms with Crippen molar-refractivity contribution in [1.82, 2.24) is 0 Å². The van der Waals surface area contributed by atoms with Gasteiger partial charge in [0.05, 0.1) is 26.6 Å². The first-order valence-corrected chi connectivity index (χ1v) is 8.45. The number of carbonyl (C=O) groups is 1. The molecule has 2 unspecified atom stereocenters. The molecule has 0 saturated carbocycles. The second kappa shape index (κ2) is 5.61. The Hall–Kier alpha value is -2.31. The second-order valence-corrected chi connectivity index (χ2v) is 7.31. The fraction of sp³-hybridized carbons (Fsp3) is 0.421. The van der Waals surface area contributed by atoms with Crippen molar-refractivity contribution in [3.05, 3.63) is 60.5 Å². The maximum absolute atomic E-state index is 12.9. The zero-order valence-electron chi connectivity index (χ0n) is 14.3. The molecule has 25 heavy (non-hydrogen) atoms. The molecule has 0 aromatic carbocycles. The van der Waals surface area contributed by atoms with Gasteiger partial charge in [0, 0.05) is 12.8 Å². The van der Waals surface area contributed by atoms with Crippen molar-refractivity contribution in [2.24, 2.45) is 0 Å². The summed E-state index contributed by atoms with van der Waals surface area (Å²) in [5, 5.41) is 11.1. The van der Waals surface area contributed by atoms with Crippen molar-refractivity contribution in [1.29, 1.82) is 0 Å². The number of quaternary nitrogens is 1. The van der Waals surface area contributed by atoms with E-state index >= 15 is 0 Å². The van der Waals surface area contributed by atoms with Gasteiger partial charge in [0.2, 0.25) is 0 Å². The Bertz CT molecular complexity index is 723. The van der Waals surface area contributed by atoms with E-state index in [-0.39, 0.29) is 17.6 Å². The maximum atomic E-state index is 12.9. The molecule has 1 saturated heterocycles. The van der Waals surface area contributed by atoms with Gasteiger partial charge in [-0.05, 0) is 36.4 Å². The summed E-state index contributed by atoms with van der Waals surface area (Å²) in [7, 11) is 4.38. The normalized spacial score (nSPS) is 27.4. The Kier molecular flexibility index (Phi) is 3.63. The van der Waals surface area contributed by atoms with Gasteiger partial charge in [0.25, 0.3) is 5.60 Å². The molecule has 2 aromatic rings. The van der Waals surface area contributed by atoms with Gasteiger partial charge >= 0.3 is 5.97 Å². The molecular formula is C19H22NO5+. The fourth-order valence-electron chi connectivity index (χ4n) is 3.91. The predicted molar refractivity (Wildman–Crippen MR) is 88.4 cm³/mol. The Morgan fingerprint density at radius 3 is 2.08 bits per heavy atom. The van der Waals surface area contributed by atoms with E-state index in [0.717, 1.165) is 17.3 Å². The van der Waals surface area contributed by atoms with Crippen LogP contribution in [0.15, 0.2) is 57.8 Å². The van der Waals surface area contributed by atoms with Crippen LogP contribution in [0.2, 0.25) is 0 Å². The van der Waals surface area contributed by atoms with Crippen molar-refractivity contribution in [2.75, 3.05) is 14.1 Å². The average molecular weight is 344 g/mol. The number of piperidine rings is 1. The summed E-state index contributed by atoms with van der Waals surface area (Å²) in [6.45, 7) is 0. The number of furan rings is 2. The molecule has 4 rings (SSSR count). The molecule has 2 aromatic heterocycles. The molecule has 0 spiro atoms. The smallest absolute Gasteiger partial charge is 0.354 e. The van der Waals surface area contributed by atoms with Crippen molar-refractivity contribution in [3.8, 4) is 0 Å². The lowest BCUT2D eigenvalue weighted by atomic mass is 9.95. The minimum atomic E-state index is -2.08. The Labute approximate surface area is 145 Å². The first kappa shape index (κ1) is 16.2. The number of fused-ring (bicyclic) bond motifs is 2. The standard InChI is InChI=1S/C19H22NO5/c1-20(2)13-7-8-14(20)12-15(11-13)25-18(21)19(22,16-5-3-9-23-16)17-6-4-10-24-17/h3-10,13-15,22H,11-12H2,1-2H3/q+1. The summed E-state index contributed by atoms with van der Waals surface area (Å²) in [6.07, 6.45) is 8.42. The summed E-state index contributed by atoms with van der Waals surface area (Å²) >= 11 is 0. The third kappa shape index (κ3) is 2.44. The first-order chi connectivity index (χ1) is 11.9. The molecule has 0 radical (unpaired) electrons. The van der Waals surface area contributed by atoms with Crippen LogP contribution in [0.25, 0.3) is 0 Å². The van der Waals surface area contributed by atoms with E-state index in [1.165, 1.54) is 24.7 Å². The summed E-state index contributed by atoms with van der Waals surface area (Å²) in [5.41, 5.74) is -2.08. The Balaban J connectivity index is 1.57. The van der Waals surface area contributed by atoms with Crippen molar-refractivity contribution in [2.45, 2.75) is 36.6 Å². The zero-order valence-corrected chi connectivity index (χ0v) is 14.3. The van der Waals surface area contributed by atoms with Crippen molar-refractivity contribution in [3.63, 3.8) is 0 Å². The molecule has 4 heterocycles. The Morgan fingerprint density at radius 1 is 1.12 bits per heavy atom. The van der Waals surface area contributed by atoms with Crippen molar-refractivity contribution >= 4 is 5.97 Å². The SMILES string of the molecule is C[N+]1(C)C2C=CC1CC(OC(=O)C(O)(c1ccco1)c1ccco1)C2. The number of ether oxygens (including phenoxy) is 1. The number of carbonyl (C=O) groups excluding carboxylic acids is 1. The highest BCUT2D eigenvalue weighted by Gasteiger charge is 2.51. The number of likely N-dealkylation sites (N-methyl/N-ethyl adjacent to an activating group) is 1. The molecular weight excluding hydrogens is 322 g/mol. The minimum Gasteiger partial charge on any atom is -0.465 e. The van der Waals surface area contributed by atoms with Crippen molar-refractivity contribution < 1.29 is 28.0 Å². The number of hydrogen-bond donors (Lipinski definition) is 1. The summed E-state index contributed by atoms with van der Waals surface area (Å²) < 4.78 is 17.2. The molecule has 2 bridgehead atoms. The molecule has 2 aliphatic heterocycles. The van der Waals surface area contributed by atoms with Gasteiger partial charge in [-0.2, -0.15) is 0 Å². The van der Waals surface area contributed by atoms with Gasteiger partial charge in [-0.15, -0.1) is 0 Å². The third-order valence-electron chi connectivity index (χ3n) is 5.60. The molecule has 0 amide bonds.